The molecule has 1 saturated heterocycles. The summed E-state index contributed by atoms with van der Waals surface area (Å²) in [7, 11) is 0. The molecule has 0 aromatic heterocycles. The first-order valence-corrected chi connectivity index (χ1v) is 5.40. The summed E-state index contributed by atoms with van der Waals surface area (Å²) < 4.78 is 0. The SMILES string of the molecule is NC1CCCN(c2ccccc2Cl)C1. The van der Waals surface area contributed by atoms with Crippen molar-refractivity contribution in [1.82, 2.24) is 0 Å². The minimum absolute atomic E-state index is 0.292. The van der Waals surface area contributed by atoms with Gasteiger partial charge in [0.05, 0.1) is 10.7 Å². The van der Waals surface area contributed by atoms with Gasteiger partial charge in [-0.1, -0.05) is 23.7 Å². The standard InChI is InChI=1S/C11H15ClN2/c12-10-5-1-2-6-11(10)14-7-3-4-9(13)8-14/h1-2,5-6,9H,3-4,7-8,13H2. The first kappa shape index (κ1) is 9.81. The third kappa shape index (κ3) is 2.02. The number of piperidine rings is 1. The minimum atomic E-state index is 0.292. The normalized spacial score (nSPS) is 22.4. The minimum Gasteiger partial charge on any atom is -0.369 e. The van der Waals surface area contributed by atoms with Crippen molar-refractivity contribution >= 4 is 17.3 Å². The molecule has 1 aromatic rings. The van der Waals surface area contributed by atoms with E-state index in [9.17, 15) is 0 Å². The number of para-hydroxylation sites is 1. The summed E-state index contributed by atoms with van der Waals surface area (Å²) in [4.78, 5) is 2.27. The van der Waals surface area contributed by atoms with E-state index in [0.717, 1.165) is 36.6 Å². The van der Waals surface area contributed by atoms with E-state index in [-0.39, 0.29) is 0 Å². The summed E-state index contributed by atoms with van der Waals surface area (Å²) in [6.07, 6.45) is 2.29. The van der Waals surface area contributed by atoms with Gasteiger partial charge in [-0.2, -0.15) is 0 Å². The molecule has 0 spiro atoms. The third-order valence-corrected chi connectivity index (χ3v) is 2.97. The van der Waals surface area contributed by atoms with Crippen LogP contribution >= 0.6 is 11.6 Å². The van der Waals surface area contributed by atoms with Gasteiger partial charge >= 0.3 is 0 Å². The highest BCUT2D eigenvalue weighted by atomic mass is 35.5. The van der Waals surface area contributed by atoms with Gasteiger partial charge in [0.1, 0.15) is 0 Å². The Kier molecular flexibility index (Phi) is 2.94. The number of anilines is 1. The van der Waals surface area contributed by atoms with E-state index in [1.54, 1.807) is 0 Å². The molecule has 1 fully saturated rings. The molecule has 0 amide bonds. The fourth-order valence-corrected chi connectivity index (χ4v) is 2.19. The largest absolute Gasteiger partial charge is 0.369 e. The predicted octanol–water partition coefficient (Wildman–Crippen LogP) is 2.27. The molecule has 0 radical (unpaired) electrons. The van der Waals surface area contributed by atoms with Crippen LogP contribution in [0.2, 0.25) is 5.02 Å². The number of hydrogen-bond acceptors (Lipinski definition) is 2. The Morgan fingerprint density at radius 2 is 2.14 bits per heavy atom. The Morgan fingerprint density at radius 1 is 1.36 bits per heavy atom. The highest BCUT2D eigenvalue weighted by Crippen LogP contribution is 2.27. The van der Waals surface area contributed by atoms with Crippen molar-refractivity contribution in [3.8, 4) is 0 Å². The zero-order valence-corrected chi connectivity index (χ0v) is 8.87. The highest BCUT2D eigenvalue weighted by molar-refractivity contribution is 6.33. The molecule has 2 rings (SSSR count). The number of nitrogens with two attached hydrogens (primary N) is 1. The summed E-state index contributed by atoms with van der Waals surface area (Å²) in [6, 6.07) is 8.24. The lowest BCUT2D eigenvalue weighted by molar-refractivity contribution is 0.506. The lowest BCUT2D eigenvalue weighted by Gasteiger charge is -2.33. The van der Waals surface area contributed by atoms with Crippen molar-refractivity contribution in [1.29, 1.82) is 0 Å². The molecule has 3 heteroatoms. The average molecular weight is 211 g/mol. The number of benzene rings is 1. The van der Waals surface area contributed by atoms with Gasteiger partial charge in [-0.25, -0.2) is 0 Å². The maximum absolute atomic E-state index is 6.12. The van der Waals surface area contributed by atoms with Crippen LogP contribution in [0, 0.1) is 0 Å². The molecule has 1 aromatic carbocycles. The Hall–Kier alpha value is -0.730. The topological polar surface area (TPSA) is 29.3 Å². The summed E-state index contributed by atoms with van der Waals surface area (Å²) in [6.45, 7) is 1.99. The summed E-state index contributed by atoms with van der Waals surface area (Å²) in [5.74, 6) is 0. The van der Waals surface area contributed by atoms with Crippen LogP contribution in [0.4, 0.5) is 5.69 Å². The van der Waals surface area contributed by atoms with E-state index in [1.807, 2.05) is 18.2 Å². The van der Waals surface area contributed by atoms with Crippen LogP contribution in [0.25, 0.3) is 0 Å². The average Bonchev–Trinajstić information content (AvgIpc) is 2.18. The van der Waals surface area contributed by atoms with E-state index in [2.05, 4.69) is 11.0 Å². The molecule has 0 saturated carbocycles. The van der Waals surface area contributed by atoms with Crippen LogP contribution in [0.1, 0.15) is 12.8 Å². The number of rotatable bonds is 1. The fraction of sp³-hybridized carbons (Fsp3) is 0.455. The third-order valence-electron chi connectivity index (χ3n) is 2.65. The summed E-state index contributed by atoms with van der Waals surface area (Å²) in [5.41, 5.74) is 7.04. The molecule has 0 aliphatic carbocycles. The smallest absolute Gasteiger partial charge is 0.0639 e. The Morgan fingerprint density at radius 3 is 2.86 bits per heavy atom. The zero-order valence-electron chi connectivity index (χ0n) is 8.12. The van der Waals surface area contributed by atoms with E-state index >= 15 is 0 Å². The van der Waals surface area contributed by atoms with Gasteiger partial charge in [0.2, 0.25) is 0 Å². The fourth-order valence-electron chi connectivity index (χ4n) is 1.94. The van der Waals surface area contributed by atoms with Gasteiger partial charge in [0, 0.05) is 19.1 Å². The number of nitrogens with zero attached hydrogens (tertiary/aromatic N) is 1. The second-order valence-electron chi connectivity index (χ2n) is 3.80. The van der Waals surface area contributed by atoms with E-state index < -0.39 is 0 Å². The molecule has 1 heterocycles. The Balaban J connectivity index is 2.18. The molecule has 1 aliphatic heterocycles. The van der Waals surface area contributed by atoms with Crippen LogP contribution in [-0.4, -0.2) is 19.1 Å². The van der Waals surface area contributed by atoms with Crippen molar-refractivity contribution in [3.05, 3.63) is 29.3 Å². The molecule has 14 heavy (non-hydrogen) atoms. The van der Waals surface area contributed by atoms with Crippen LogP contribution in [0.3, 0.4) is 0 Å². The van der Waals surface area contributed by atoms with E-state index in [0.29, 0.717) is 6.04 Å². The number of halogens is 1. The number of hydrogen-bond donors (Lipinski definition) is 1. The van der Waals surface area contributed by atoms with Crippen molar-refractivity contribution in [2.45, 2.75) is 18.9 Å². The molecular weight excluding hydrogens is 196 g/mol. The van der Waals surface area contributed by atoms with Gasteiger partial charge in [-0.15, -0.1) is 0 Å². The van der Waals surface area contributed by atoms with Crippen molar-refractivity contribution < 1.29 is 0 Å². The van der Waals surface area contributed by atoms with Crippen molar-refractivity contribution in [3.63, 3.8) is 0 Å². The lowest BCUT2D eigenvalue weighted by Crippen LogP contribution is -2.42. The van der Waals surface area contributed by atoms with Gasteiger partial charge in [-0.3, -0.25) is 0 Å². The molecule has 76 valence electrons. The summed E-state index contributed by atoms with van der Waals surface area (Å²) in [5, 5.41) is 0.821. The van der Waals surface area contributed by atoms with Crippen LogP contribution in [-0.2, 0) is 0 Å². The van der Waals surface area contributed by atoms with Crippen molar-refractivity contribution in [2.75, 3.05) is 18.0 Å². The molecule has 1 atom stereocenters. The predicted molar refractivity (Wildman–Crippen MR) is 60.9 cm³/mol. The monoisotopic (exact) mass is 210 g/mol. The molecular formula is C11H15ClN2. The Bertz CT molecular complexity index is 314. The molecule has 1 unspecified atom stereocenters. The van der Waals surface area contributed by atoms with E-state index in [4.69, 9.17) is 17.3 Å². The van der Waals surface area contributed by atoms with Gasteiger partial charge in [0.15, 0.2) is 0 Å². The van der Waals surface area contributed by atoms with Crippen LogP contribution < -0.4 is 10.6 Å². The molecule has 2 nitrogen and oxygen atoms in total. The first-order valence-electron chi connectivity index (χ1n) is 5.02. The van der Waals surface area contributed by atoms with E-state index in [1.165, 1.54) is 0 Å². The zero-order chi connectivity index (χ0) is 9.97. The maximum atomic E-state index is 6.12. The summed E-state index contributed by atoms with van der Waals surface area (Å²) >= 11 is 6.12. The molecule has 0 bridgehead atoms. The van der Waals surface area contributed by atoms with Gasteiger partial charge in [-0.05, 0) is 25.0 Å². The van der Waals surface area contributed by atoms with Crippen molar-refractivity contribution in [2.24, 2.45) is 5.73 Å². The molecule has 2 N–H and O–H groups in total. The van der Waals surface area contributed by atoms with Gasteiger partial charge in [0.25, 0.3) is 0 Å². The first-order chi connectivity index (χ1) is 6.77. The second kappa shape index (κ2) is 4.20. The van der Waals surface area contributed by atoms with Crippen LogP contribution in [0.15, 0.2) is 24.3 Å². The second-order valence-corrected chi connectivity index (χ2v) is 4.21. The van der Waals surface area contributed by atoms with Gasteiger partial charge < -0.3 is 10.6 Å². The van der Waals surface area contributed by atoms with Crippen LogP contribution in [0.5, 0.6) is 0 Å². The Labute approximate surface area is 89.7 Å². The lowest BCUT2D eigenvalue weighted by atomic mass is 10.1. The highest BCUT2D eigenvalue weighted by Gasteiger charge is 2.18. The molecule has 1 aliphatic rings. The maximum Gasteiger partial charge on any atom is 0.0639 e. The quantitative estimate of drug-likeness (QED) is 0.771.